The fourth-order valence-electron chi connectivity index (χ4n) is 0.408. The Morgan fingerprint density at radius 1 is 1.71 bits per heavy atom. The summed E-state index contributed by atoms with van der Waals surface area (Å²) in [4.78, 5) is 0. The molecule has 1 aliphatic heterocycles. The third-order valence-electron chi connectivity index (χ3n) is 0.680. The second-order valence-corrected chi connectivity index (χ2v) is 1.41. The number of allylic oxidation sites excluding steroid dienone is 1. The van der Waals surface area contributed by atoms with Crippen molar-refractivity contribution in [3.8, 4) is 0 Å². The van der Waals surface area contributed by atoms with Crippen LogP contribution in [0.2, 0.25) is 0 Å². The Labute approximate surface area is 41.9 Å². The van der Waals surface area contributed by atoms with Crippen molar-refractivity contribution in [2.24, 2.45) is 10.8 Å². The molecule has 0 unspecified atom stereocenters. The molecule has 0 aliphatic carbocycles. The van der Waals surface area contributed by atoms with E-state index in [-0.39, 0.29) is 0 Å². The van der Waals surface area contributed by atoms with E-state index in [9.17, 15) is 0 Å². The summed E-state index contributed by atoms with van der Waals surface area (Å²) in [5, 5.41) is 3.54. The number of rotatable bonds is 0. The van der Waals surface area contributed by atoms with Crippen molar-refractivity contribution in [2.45, 2.75) is 6.92 Å². The molecule has 0 aromatic carbocycles. The number of nitrogens with zero attached hydrogens (tertiary/aromatic N) is 2. The molecule has 0 fully saturated rings. The van der Waals surface area contributed by atoms with Gasteiger partial charge in [0.15, 0.2) is 0 Å². The van der Waals surface area contributed by atoms with Crippen molar-refractivity contribution in [3.63, 3.8) is 0 Å². The van der Waals surface area contributed by atoms with E-state index in [0.717, 1.165) is 5.70 Å². The molecule has 0 aromatic rings. The maximum Gasteiger partial charge on any atom is 0.147 e. The monoisotopic (exact) mass is 96.1 g/mol. The average molecular weight is 96.1 g/mol. The molecule has 37 valence electrons. The lowest BCUT2D eigenvalue weighted by atomic mass is 10.4. The highest BCUT2D eigenvalue weighted by atomic mass is 15.3. The molecule has 0 saturated heterocycles. The molecule has 1 heterocycles. The molecular formula is C4H6N3. The zero-order chi connectivity index (χ0) is 5.28. The van der Waals surface area contributed by atoms with Crippen LogP contribution in [0.1, 0.15) is 6.92 Å². The van der Waals surface area contributed by atoms with Crippen LogP contribution in [-0.4, -0.2) is 5.84 Å². The Morgan fingerprint density at radius 2 is 2.43 bits per heavy atom. The van der Waals surface area contributed by atoms with Crippen LogP contribution in [0.5, 0.6) is 0 Å². The molecule has 0 amide bonds. The quantitative estimate of drug-likeness (QED) is 0.445. The number of nitrogens with two attached hydrogens (primary N) is 1. The molecule has 0 aromatic heterocycles. The predicted molar refractivity (Wildman–Crippen MR) is 27.5 cm³/mol. The van der Waals surface area contributed by atoms with Crippen molar-refractivity contribution < 1.29 is 0 Å². The molecular weight excluding hydrogens is 90.1 g/mol. The van der Waals surface area contributed by atoms with Gasteiger partial charge in [-0.3, -0.25) is 0 Å². The van der Waals surface area contributed by atoms with Crippen LogP contribution in [0, 0.1) is 0 Å². The smallest absolute Gasteiger partial charge is 0.147 e. The van der Waals surface area contributed by atoms with Crippen LogP contribution in [0.4, 0.5) is 0 Å². The summed E-state index contributed by atoms with van der Waals surface area (Å²) in [5.74, 6) is 0.498. The first-order chi connectivity index (χ1) is 3.29. The van der Waals surface area contributed by atoms with Gasteiger partial charge in [-0.2, -0.15) is 5.43 Å². The second-order valence-electron chi connectivity index (χ2n) is 1.41. The molecule has 1 aliphatic rings. The van der Waals surface area contributed by atoms with Crippen molar-refractivity contribution >= 4 is 5.84 Å². The normalized spacial score (nSPS) is 17.9. The third kappa shape index (κ3) is 0.707. The molecule has 0 saturated carbocycles. The Bertz CT molecular complexity index is 134. The summed E-state index contributed by atoms with van der Waals surface area (Å²) in [7, 11) is 0. The minimum absolute atomic E-state index is 0.498. The summed E-state index contributed by atoms with van der Waals surface area (Å²) in [6.45, 7) is 1.85. The van der Waals surface area contributed by atoms with Crippen molar-refractivity contribution in [1.82, 2.24) is 5.43 Å². The van der Waals surface area contributed by atoms with E-state index < -0.39 is 0 Å². The zero-order valence-corrected chi connectivity index (χ0v) is 4.05. The van der Waals surface area contributed by atoms with Crippen molar-refractivity contribution in [3.05, 3.63) is 11.8 Å². The fraction of sp³-hybridized carbons (Fsp3) is 0.250. The van der Waals surface area contributed by atoms with Crippen molar-refractivity contribution in [1.29, 1.82) is 0 Å². The van der Waals surface area contributed by atoms with E-state index in [1.165, 1.54) is 0 Å². The second kappa shape index (κ2) is 1.26. The van der Waals surface area contributed by atoms with Crippen LogP contribution in [0.3, 0.4) is 0 Å². The van der Waals surface area contributed by atoms with Gasteiger partial charge in [-0.25, -0.2) is 0 Å². The molecule has 0 bridgehead atoms. The topological polar surface area (TPSA) is 52.5 Å². The van der Waals surface area contributed by atoms with Crippen molar-refractivity contribution in [2.75, 3.05) is 0 Å². The standard InChI is InChI=1S/C4H6N3/c1-3-2-4(5)7-6-3/h2H,1H3,(H2,5,7). The van der Waals surface area contributed by atoms with Crippen LogP contribution in [0.15, 0.2) is 16.9 Å². The van der Waals surface area contributed by atoms with E-state index >= 15 is 0 Å². The van der Waals surface area contributed by atoms with E-state index in [1.807, 2.05) is 6.92 Å². The number of amidine groups is 1. The SMILES string of the molecule is CC1=CC(N)=N[N]1. The molecule has 7 heavy (non-hydrogen) atoms. The van der Waals surface area contributed by atoms with Gasteiger partial charge < -0.3 is 5.73 Å². The predicted octanol–water partition coefficient (Wildman–Crippen LogP) is -0.220. The Hall–Kier alpha value is -0.990. The Balaban J connectivity index is 2.69. The molecule has 1 rings (SSSR count). The maximum absolute atomic E-state index is 5.20. The van der Waals surface area contributed by atoms with E-state index in [2.05, 4.69) is 10.5 Å². The lowest BCUT2D eigenvalue weighted by Gasteiger charge is -1.78. The van der Waals surface area contributed by atoms with Gasteiger partial charge in [0.1, 0.15) is 5.84 Å². The summed E-state index contributed by atoms with van der Waals surface area (Å²) < 4.78 is 0. The van der Waals surface area contributed by atoms with Gasteiger partial charge in [-0.05, 0) is 6.92 Å². The first-order valence-electron chi connectivity index (χ1n) is 2.01. The van der Waals surface area contributed by atoms with Gasteiger partial charge in [0.05, 0.1) is 5.70 Å². The minimum atomic E-state index is 0.498. The fourth-order valence-corrected chi connectivity index (χ4v) is 0.408. The molecule has 2 N–H and O–H groups in total. The largest absolute Gasteiger partial charge is 0.382 e. The van der Waals surface area contributed by atoms with Gasteiger partial charge in [0.2, 0.25) is 0 Å². The van der Waals surface area contributed by atoms with Gasteiger partial charge in [0.25, 0.3) is 0 Å². The highest BCUT2D eigenvalue weighted by Gasteiger charge is 1.97. The Morgan fingerprint density at radius 3 is 2.57 bits per heavy atom. The van der Waals surface area contributed by atoms with Gasteiger partial charge in [-0.15, -0.1) is 5.10 Å². The number of hydrogen-bond donors (Lipinski definition) is 1. The van der Waals surface area contributed by atoms with E-state index in [4.69, 9.17) is 5.73 Å². The maximum atomic E-state index is 5.20. The summed E-state index contributed by atoms with van der Waals surface area (Å²) >= 11 is 0. The van der Waals surface area contributed by atoms with Crippen LogP contribution in [0.25, 0.3) is 0 Å². The lowest BCUT2D eigenvalue weighted by molar-refractivity contribution is 0.893. The minimum Gasteiger partial charge on any atom is -0.382 e. The molecule has 1 radical (unpaired) electrons. The highest BCUT2D eigenvalue weighted by Crippen LogP contribution is 1.94. The molecule has 3 nitrogen and oxygen atoms in total. The first kappa shape index (κ1) is 4.18. The Kier molecular flexibility index (Phi) is 0.749. The van der Waals surface area contributed by atoms with Crippen LogP contribution < -0.4 is 11.2 Å². The van der Waals surface area contributed by atoms with Gasteiger partial charge in [0, 0.05) is 6.08 Å². The number of hydrogen-bond acceptors (Lipinski definition) is 2. The van der Waals surface area contributed by atoms with Gasteiger partial charge >= 0.3 is 0 Å². The average Bonchev–Trinajstić information content (AvgIpc) is 1.87. The van der Waals surface area contributed by atoms with E-state index in [1.54, 1.807) is 6.08 Å². The molecule has 3 heteroatoms. The van der Waals surface area contributed by atoms with Gasteiger partial charge in [-0.1, -0.05) is 0 Å². The van der Waals surface area contributed by atoms with Crippen LogP contribution >= 0.6 is 0 Å². The summed E-state index contributed by atoms with van der Waals surface area (Å²) in [6.07, 6.45) is 1.72. The third-order valence-corrected chi connectivity index (χ3v) is 0.680. The van der Waals surface area contributed by atoms with E-state index in [0.29, 0.717) is 5.84 Å². The first-order valence-corrected chi connectivity index (χ1v) is 2.01. The molecule has 0 spiro atoms. The molecule has 0 atom stereocenters. The van der Waals surface area contributed by atoms with Crippen LogP contribution in [-0.2, 0) is 0 Å². The zero-order valence-electron chi connectivity index (χ0n) is 4.05. The highest BCUT2D eigenvalue weighted by molar-refractivity contribution is 5.93. The summed E-state index contributed by atoms with van der Waals surface area (Å²) in [6, 6.07) is 0. The lowest BCUT2D eigenvalue weighted by Crippen LogP contribution is -2.04. The summed E-state index contributed by atoms with van der Waals surface area (Å²) in [5.41, 5.74) is 9.72.